The van der Waals surface area contributed by atoms with Gasteiger partial charge in [-0.1, -0.05) is 6.92 Å². The van der Waals surface area contributed by atoms with Crippen LogP contribution < -0.4 is 5.32 Å². The molecule has 3 nitrogen and oxygen atoms in total. The molecule has 0 saturated heterocycles. The summed E-state index contributed by atoms with van der Waals surface area (Å²) in [7, 11) is 1.48. The van der Waals surface area contributed by atoms with Crippen LogP contribution in [0.15, 0.2) is 12.1 Å². The number of carbonyl (C=O) groups excluding carboxylic acids is 1. The zero-order valence-electron chi connectivity index (χ0n) is 9.30. The highest BCUT2D eigenvalue weighted by molar-refractivity contribution is 5.96. The van der Waals surface area contributed by atoms with E-state index in [1.54, 1.807) is 0 Å². The van der Waals surface area contributed by atoms with Gasteiger partial charge in [0.25, 0.3) is 5.91 Å². The molecule has 0 saturated carbocycles. The highest BCUT2D eigenvalue weighted by Crippen LogP contribution is 2.18. The van der Waals surface area contributed by atoms with Gasteiger partial charge in [0, 0.05) is 12.6 Å². The maximum absolute atomic E-state index is 13.3. The number of hydrogen-bond donors (Lipinski definition) is 1. The van der Waals surface area contributed by atoms with Crippen molar-refractivity contribution in [1.29, 1.82) is 5.26 Å². The van der Waals surface area contributed by atoms with Gasteiger partial charge in [-0.25, -0.2) is 4.39 Å². The minimum absolute atomic E-state index is 0.117. The van der Waals surface area contributed by atoms with Crippen LogP contribution in [-0.2, 0) is 12.8 Å². The average Bonchev–Trinajstić information content (AvgIpc) is 2.29. The summed E-state index contributed by atoms with van der Waals surface area (Å²) >= 11 is 0. The maximum Gasteiger partial charge on any atom is 0.251 e. The van der Waals surface area contributed by atoms with E-state index in [4.69, 9.17) is 5.26 Å². The topological polar surface area (TPSA) is 52.9 Å². The van der Waals surface area contributed by atoms with E-state index in [9.17, 15) is 9.18 Å². The van der Waals surface area contributed by atoms with Gasteiger partial charge in [0.15, 0.2) is 0 Å². The van der Waals surface area contributed by atoms with Crippen molar-refractivity contribution in [1.82, 2.24) is 5.32 Å². The molecule has 84 valence electrons. The number of nitrogens with zero attached hydrogens (tertiary/aromatic N) is 1. The first-order chi connectivity index (χ1) is 7.63. The Balaban J connectivity index is 3.38. The molecule has 1 aromatic carbocycles. The molecule has 0 bridgehead atoms. The van der Waals surface area contributed by atoms with Crippen molar-refractivity contribution >= 4 is 5.91 Å². The van der Waals surface area contributed by atoms with Gasteiger partial charge >= 0.3 is 0 Å². The fourth-order valence-electron chi connectivity index (χ4n) is 1.63. The third-order valence-corrected chi connectivity index (χ3v) is 2.42. The molecule has 0 aliphatic carbocycles. The summed E-state index contributed by atoms with van der Waals surface area (Å²) < 4.78 is 13.3. The monoisotopic (exact) mass is 220 g/mol. The molecule has 1 aromatic rings. The Morgan fingerprint density at radius 3 is 2.75 bits per heavy atom. The van der Waals surface area contributed by atoms with Crippen LogP contribution in [-0.4, -0.2) is 13.0 Å². The van der Waals surface area contributed by atoms with E-state index in [-0.39, 0.29) is 17.9 Å². The highest BCUT2D eigenvalue weighted by Gasteiger charge is 2.14. The molecular formula is C12H13FN2O. The zero-order chi connectivity index (χ0) is 12.1. The number of nitriles is 1. The van der Waals surface area contributed by atoms with Crippen LogP contribution in [0.1, 0.15) is 28.4 Å². The van der Waals surface area contributed by atoms with E-state index in [2.05, 4.69) is 5.32 Å². The molecule has 0 radical (unpaired) electrons. The average molecular weight is 220 g/mol. The van der Waals surface area contributed by atoms with E-state index in [1.165, 1.54) is 19.2 Å². The second-order valence-corrected chi connectivity index (χ2v) is 3.36. The first kappa shape index (κ1) is 12.2. The van der Waals surface area contributed by atoms with Crippen LogP contribution in [0, 0.1) is 17.1 Å². The third-order valence-electron chi connectivity index (χ3n) is 2.42. The van der Waals surface area contributed by atoms with Crippen LogP contribution in [0.2, 0.25) is 0 Å². The molecular weight excluding hydrogens is 207 g/mol. The van der Waals surface area contributed by atoms with Crippen molar-refractivity contribution in [3.05, 3.63) is 34.6 Å². The summed E-state index contributed by atoms with van der Waals surface area (Å²) in [5, 5.41) is 11.2. The molecule has 0 spiro atoms. The second kappa shape index (κ2) is 5.26. The Hall–Kier alpha value is -1.89. The number of hydrogen-bond acceptors (Lipinski definition) is 2. The summed E-state index contributed by atoms with van der Waals surface area (Å²) in [6.45, 7) is 1.86. The summed E-state index contributed by atoms with van der Waals surface area (Å²) in [6, 6.07) is 4.54. The van der Waals surface area contributed by atoms with E-state index in [1.807, 2.05) is 13.0 Å². The maximum atomic E-state index is 13.3. The van der Waals surface area contributed by atoms with Crippen LogP contribution in [0.3, 0.4) is 0 Å². The first-order valence-electron chi connectivity index (χ1n) is 5.04. The van der Waals surface area contributed by atoms with Crippen molar-refractivity contribution in [3.8, 4) is 6.07 Å². The Morgan fingerprint density at radius 2 is 2.25 bits per heavy atom. The molecule has 0 unspecified atom stereocenters. The van der Waals surface area contributed by atoms with Crippen LogP contribution in [0.25, 0.3) is 0 Å². The molecule has 4 heteroatoms. The molecule has 0 heterocycles. The minimum Gasteiger partial charge on any atom is -0.355 e. The smallest absolute Gasteiger partial charge is 0.251 e. The van der Waals surface area contributed by atoms with Gasteiger partial charge in [0.2, 0.25) is 0 Å². The number of aryl methyl sites for hydroxylation is 1. The van der Waals surface area contributed by atoms with Crippen molar-refractivity contribution in [2.24, 2.45) is 0 Å². The fraction of sp³-hybridized carbons (Fsp3) is 0.333. The molecule has 0 aliphatic heterocycles. The molecule has 1 amide bonds. The largest absolute Gasteiger partial charge is 0.355 e. The minimum atomic E-state index is -0.447. The van der Waals surface area contributed by atoms with Crippen molar-refractivity contribution in [2.45, 2.75) is 19.8 Å². The normalized spacial score (nSPS) is 9.62. The Bertz CT molecular complexity index is 449. The molecule has 0 atom stereocenters. The molecule has 0 aliphatic rings. The van der Waals surface area contributed by atoms with Gasteiger partial charge in [-0.15, -0.1) is 0 Å². The van der Waals surface area contributed by atoms with Gasteiger partial charge in [0.1, 0.15) is 5.82 Å². The quantitative estimate of drug-likeness (QED) is 0.844. The van der Waals surface area contributed by atoms with E-state index >= 15 is 0 Å². The van der Waals surface area contributed by atoms with E-state index in [0.29, 0.717) is 17.5 Å². The Morgan fingerprint density at radius 1 is 1.56 bits per heavy atom. The van der Waals surface area contributed by atoms with E-state index in [0.717, 1.165) is 0 Å². The highest BCUT2D eigenvalue weighted by atomic mass is 19.1. The van der Waals surface area contributed by atoms with Crippen LogP contribution >= 0.6 is 0 Å². The molecule has 1 N–H and O–H groups in total. The Labute approximate surface area is 93.9 Å². The fourth-order valence-corrected chi connectivity index (χ4v) is 1.63. The van der Waals surface area contributed by atoms with Gasteiger partial charge in [-0.3, -0.25) is 4.79 Å². The molecule has 16 heavy (non-hydrogen) atoms. The third kappa shape index (κ3) is 2.37. The predicted octanol–water partition coefficient (Wildman–Crippen LogP) is 1.81. The number of rotatable bonds is 3. The second-order valence-electron chi connectivity index (χ2n) is 3.36. The standard InChI is InChI=1S/C12H13FN2O/c1-3-8-6-9(13)7-11(12(16)15-2)10(8)4-5-14/h6-7H,3-4H2,1-2H3,(H,15,16). The summed E-state index contributed by atoms with van der Waals surface area (Å²) in [4.78, 5) is 11.5. The van der Waals surface area contributed by atoms with Gasteiger partial charge < -0.3 is 5.32 Å². The first-order valence-corrected chi connectivity index (χ1v) is 5.04. The lowest BCUT2D eigenvalue weighted by molar-refractivity contribution is 0.0961. The van der Waals surface area contributed by atoms with Gasteiger partial charge in [-0.05, 0) is 29.7 Å². The van der Waals surface area contributed by atoms with Crippen LogP contribution in [0.4, 0.5) is 4.39 Å². The van der Waals surface area contributed by atoms with E-state index < -0.39 is 5.82 Å². The Kier molecular flexibility index (Phi) is 4.01. The lowest BCUT2D eigenvalue weighted by Crippen LogP contribution is -2.20. The zero-order valence-corrected chi connectivity index (χ0v) is 9.30. The van der Waals surface area contributed by atoms with Crippen LogP contribution in [0.5, 0.6) is 0 Å². The lowest BCUT2D eigenvalue weighted by atomic mass is 9.96. The van der Waals surface area contributed by atoms with Crippen molar-refractivity contribution < 1.29 is 9.18 Å². The lowest BCUT2D eigenvalue weighted by Gasteiger charge is -2.10. The summed E-state index contributed by atoms with van der Waals surface area (Å²) in [5.74, 6) is -0.809. The number of benzene rings is 1. The predicted molar refractivity (Wildman–Crippen MR) is 58.5 cm³/mol. The number of amides is 1. The number of halogens is 1. The molecule has 0 aromatic heterocycles. The van der Waals surface area contributed by atoms with Gasteiger partial charge in [-0.2, -0.15) is 5.26 Å². The van der Waals surface area contributed by atoms with Crippen molar-refractivity contribution in [2.75, 3.05) is 7.05 Å². The van der Waals surface area contributed by atoms with Crippen molar-refractivity contribution in [3.63, 3.8) is 0 Å². The SMILES string of the molecule is CCc1cc(F)cc(C(=O)NC)c1CC#N. The summed E-state index contributed by atoms with van der Waals surface area (Å²) in [5.41, 5.74) is 1.58. The number of carbonyl (C=O) groups is 1. The van der Waals surface area contributed by atoms with Gasteiger partial charge in [0.05, 0.1) is 12.5 Å². The molecule has 1 rings (SSSR count). The summed E-state index contributed by atoms with van der Waals surface area (Å²) in [6.07, 6.45) is 0.713. The number of nitrogens with one attached hydrogen (secondary N) is 1. The molecule has 0 fully saturated rings.